The van der Waals surface area contributed by atoms with Gasteiger partial charge in [0.2, 0.25) is 0 Å². The lowest BCUT2D eigenvalue weighted by Gasteiger charge is -2.06. The van der Waals surface area contributed by atoms with Gasteiger partial charge in [0.15, 0.2) is 5.78 Å². The molecule has 0 amide bonds. The Morgan fingerprint density at radius 2 is 1.70 bits per heavy atom. The van der Waals surface area contributed by atoms with Gasteiger partial charge in [-0.15, -0.1) is 0 Å². The van der Waals surface area contributed by atoms with E-state index < -0.39 is 15.9 Å². The lowest BCUT2D eigenvalue weighted by Crippen LogP contribution is -2.06. The Labute approximate surface area is 115 Å². The van der Waals surface area contributed by atoms with Crippen LogP contribution in [0.3, 0.4) is 0 Å². The van der Waals surface area contributed by atoms with Crippen LogP contribution in [0.25, 0.3) is 0 Å². The molecule has 0 radical (unpaired) electrons. The van der Waals surface area contributed by atoms with Crippen LogP contribution in [-0.4, -0.2) is 18.8 Å². The molecule has 0 aromatic heterocycles. The second-order valence-electron chi connectivity index (χ2n) is 4.29. The van der Waals surface area contributed by atoms with Crippen molar-refractivity contribution in [1.29, 1.82) is 0 Å². The van der Waals surface area contributed by atoms with E-state index in [-0.39, 0.29) is 10.7 Å². The Kier molecular flexibility index (Phi) is 3.69. The van der Waals surface area contributed by atoms with Crippen molar-refractivity contribution >= 4 is 15.9 Å². The number of aryl methyl sites for hydroxylation is 1. The van der Waals surface area contributed by atoms with Crippen molar-refractivity contribution in [3.63, 3.8) is 0 Å². The molecule has 0 spiro atoms. The molecule has 2 aromatic carbocycles. The zero-order valence-electron chi connectivity index (χ0n) is 10.5. The standard InChI is InChI=1S/C14H11FO4S/c1-9-8-12(20(17,18)19)6-7-13(9)14(16)10-2-4-11(15)5-3-10/h2-8H,1H3,(H,17,18,19). The number of hydrogen-bond acceptors (Lipinski definition) is 3. The number of carbonyl (C=O) groups is 1. The van der Waals surface area contributed by atoms with E-state index in [4.69, 9.17) is 4.55 Å². The highest BCUT2D eigenvalue weighted by Crippen LogP contribution is 2.18. The van der Waals surface area contributed by atoms with Crippen LogP contribution >= 0.6 is 0 Å². The molecule has 20 heavy (non-hydrogen) atoms. The van der Waals surface area contributed by atoms with E-state index in [1.54, 1.807) is 6.92 Å². The SMILES string of the molecule is Cc1cc(S(=O)(=O)O)ccc1C(=O)c1ccc(F)cc1. The molecule has 0 atom stereocenters. The number of carbonyl (C=O) groups excluding carboxylic acids is 1. The van der Waals surface area contributed by atoms with E-state index in [1.807, 2.05) is 0 Å². The molecular formula is C14H11FO4S. The first-order chi connectivity index (χ1) is 9.29. The molecule has 0 saturated carbocycles. The van der Waals surface area contributed by atoms with Gasteiger partial charge in [-0.05, 0) is 55.0 Å². The predicted octanol–water partition coefficient (Wildman–Crippen LogP) is 2.61. The summed E-state index contributed by atoms with van der Waals surface area (Å²) in [6.45, 7) is 1.56. The minimum atomic E-state index is -4.30. The number of halogens is 1. The van der Waals surface area contributed by atoms with Crippen molar-refractivity contribution in [2.75, 3.05) is 0 Å². The topological polar surface area (TPSA) is 71.4 Å². The van der Waals surface area contributed by atoms with E-state index in [0.717, 1.165) is 6.07 Å². The highest BCUT2D eigenvalue weighted by Gasteiger charge is 2.15. The fourth-order valence-electron chi connectivity index (χ4n) is 1.81. The molecule has 0 aliphatic heterocycles. The van der Waals surface area contributed by atoms with E-state index in [9.17, 15) is 17.6 Å². The first kappa shape index (κ1) is 14.4. The fourth-order valence-corrected chi connectivity index (χ4v) is 2.37. The average Bonchev–Trinajstić information content (AvgIpc) is 2.37. The highest BCUT2D eigenvalue weighted by molar-refractivity contribution is 7.85. The molecule has 2 rings (SSSR count). The van der Waals surface area contributed by atoms with Crippen LogP contribution in [0.4, 0.5) is 4.39 Å². The van der Waals surface area contributed by atoms with Crippen LogP contribution in [0.5, 0.6) is 0 Å². The Hall–Kier alpha value is -2.05. The van der Waals surface area contributed by atoms with Gasteiger partial charge in [0, 0.05) is 11.1 Å². The van der Waals surface area contributed by atoms with Crippen molar-refractivity contribution < 1.29 is 22.2 Å². The third-order valence-corrected chi connectivity index (χ3v) is 3.70. The molecule has 104 valence electrons. The molecular weight excluding hydrogens is 283 g/mol. The second-order valence-corrected chi connectivity index (χ2v) is 5.71. The molecule has 2 aromatic rings. The summed E-state index contributed by atoms with van der Waals surface area (Å²) < 4.78 is 43.8. The van der Waals surface area contributed by atoms with Crippen molar-refractivity contribution in [2.45, 2.75) is 11.8 Å². The normalized spacial score (nSPS) is 11.3. The Bertz CT molecular complexity index is 764. The predicted molar refractivity (Wildman–Crippen MR) is 70.8 cm³/mol. The van der Waals surface area contributed by atoms with Crippen LogP contribution in [0.2, 0.25) is 0 Å². The largest absolute Gasteiger partial charge is 0.294 e. The van der Waals surface area contributed by atoms with Crippen LogP contribution in [-0.2, 0) is 10.1 Å². The van der Waals surface area contributed by atoms with Crippen molar-refractivity contribution in [3.05, 3.63) is 65.0 Å². The smallest absolute Gasteiger partial charge is 0.289 e. The molecule has 0 bridgehead atoms. The van der Waals surface area contributed by atoms with Crippen molar-refractivity contribution in [1.82, 2.24) is 0 Å². The summed E-state index contributed by atoms with van der Waals surface area (Å²) >= 11 is 0. The van der Waals surface area contributed by atoms with Gasteiger partial charge in [-0.1, -0.05) is 0 Å². The molecule has 0 aliphatic carbocycles. The Morgan fingerprint density at radius 3 is 2.20 bits per heavy atom. The Morgan fingerprint density at radius 1 is 1.10 bits per heavy atom. The van der Waals surface area contributed by atoms with Crippen molar-refractivity contribution in [2.24, 2.45) is 0 Å². The lowest BCUT2D eigenvalue weighted by molar-refractivity contribution is 0.103. The maximum Gasteiger partial charge on any atom is 0.294 e. The quantitative estimate of drug-likeness (QED) is 0.697. The molecule has 1 N–H and O–H groups in total. The van der Waals surface area contributed by atoms with Crippen LogP contribution in [0.15, 0.2) is 47.4 Å². The van der Waals surface area contributed by atoms with Gasteiger partial charge in [0.1, 0.15) is 5.82 Å². The van der Waals surface area contributed by atoms with Gasteiger partial charge in [-0.25, -0.2) is 4.39 Å². The summed E-state index contributed by atoms with van der Waals surface area (Å²) in [6, 6.07) is 8.75. The first-order valence-corrected chi connectivity index (χ1v) is 7.11. The summed E-state index contributed by atoms with van der Waals surface area (Å²) in [6.07, 6.45) is 0. The summed E-state index contributed by atoms with van der Waals surface area (Å²) in [5, 5.41) is 0. The van der Waals surface area contributed by atoms with Crippen LogP contribution in [0.1, 0.15) is 21.5 Å². The van der Waals surface area contributed by atoms with Gasteiger partial charge >= 0.3 is 0 Å². The van der Waals surface area contributed by atoms with Gasteiger partial charge in [0.25, 0.3) is 10.1 Å². The zero-order chi connectivity index (χ0) is 14.9. The summed E-state index contributed by atoms with van der Waals surface area (Å²) in [4.78, 5) is 11.9. The van der Waals surface area contributed by atoms with Crippen molar-refractivity contribution in [3.8, 4) is 0 Å². The van der Waals surface area contributed by atoms with Gasteiger partial charge in [-0.3, -0.25) is 9.35 Å². The summed E-state index contributed by atoms with van der Waals surface area (Å²) in [7, 11) is -4.30. The number of ketones is 1. The molecule has 0 heterocycles. The highest BCUT2D eigenvalue weighted by atomic mass is 32.2. The number of rotatable bonds is 3. The van der Waals surface area contributed by atoms with Crippen LogP contribution < -0.4 is 0 Å². The summed E-state index contributed by atoms with van der Waals surface area (Å²) in [5.41, 5.74) is 1.01. The van der Waals surface area contributed by atoms with Crippen LogP contribution in [0, 0.1) is 12.7 Å². The van der Waals surface area contributed by atoms with E-state index in [1.165, 1.54) is 36.4 Å². The number of benzene rings is 2. The fraction of sp³-hybridized carbons (Fsp3) is 0.0714. The Balaban J connectivity index is 2.43. The maximum atomic E-state index is 12.8. The molecule has 0 fully saturated rings. The minimum Gasteiger partial charge on any atom is -0.289 e. The zero-order valence-corrected chi connectivity index (χ0v) is 11.3. The van der Waals surface area contributed by atoms with E-state index in [2.05, 4.69) is 0 Å². The molecule has 0 unspecified atom stereocenters. The number of hydrogen-bond donors (Lipinski definition) is 1. The molecule has 0 aliphatic rings. The maximum absolute atomic E-state index is 12.8. The molecule has 6 heteroatoms. The second kappa shape index (κ2) is 5.15. The monoisotopic (exact) mass is 294 g/mol. The molecule has 4 nitrogen and oxygen atoms in total. The first-order valence-electron chi connectivity index (χ1n) is 5.67. The lowest BCUT2D eigenvalue weighted by atomic mass is 9.99. The minimum absolute atomic E-state index is 0.273. The third-order valence-electron chi connectivity index (χ3n) is 2.85. The van der Waals surface area contributed by atoms with E-state index >= 15 is 0 Å². The van der Waals surface area contributed by atoms with Gasteiger partial charge in [0.05, 0.1) is 4.90 Å². The average molecular weight is 294 g/mol. The molecule has 0 saturated heterocycles. The summed E-state index contributed by atoms with van der Waals surface area (Å²) in [5.74, 6) is -0.788. The van der Waals surface area contributed by atoms with Gasteiger partial charge < -0.3 is 0 Å². The van der Waals surface area contributed by atoms with Gasteiger partial charge in [-0.2, -0.15) is 8.42 Å². The third kappa shape index (κ3) is 2.92. The van der Waals surface area contributed by atoms with E-state index in [0.29, 0.717) is 16.7 Å².